The summed E-state index contributed by atoms with van der Waals surface area (Å²) in [5, 5.41) is 0.242. The molecule has 0 saturated carbocycles. The first-order valence-electron chi connectivity index (χ1n) is 5.83. The number of pyridine rings is 1. The minimum absolute atomic E-state index is 0.106. The summed E-state index contributed by atoms with van der Waals surface area (Å²) in [4.78, 5) is 3.90. The summed E-state index contributed by atoms with van der Waals surface area (Å²) in [7, 11) is 0. The lowest BCUT2D eigenvalue weighted by atomic mass is 10.0. The van der Waals surface area contributed by atoms with E-state index in [2.05, 4.69) is 9.72 Å². The summed E-state index contributed by atoms with van der Waals surface area (Å²) in [5.74, 6) is 0.106. The molecule has 0 aliphatic carbocycles. The van der Waals surface area contributed by atoms with E-state index >= 15 is 0 Å². The van der Waals surface area contributed by atoms with Gasteiger partial charge in [-0.15, -0.1) is 11.6 Å². The minimum atomic E-state index is -2.83. The highest BCUT2D eigenvalue weighted by molar-refractivity contribution is 6.31. The van der Waals surface area contributed by atoms with Crippen LogP contribution in [-0.2, 0) is 6.42 Å². The molecule has 1 unspecified atom stereocenters. The van der Waals surface area contributed by atoms with Crippen LogP contribution < -0.4 is 4.74 Å². The number of aromatic nitrogens is 1. The Hall–Kier alpha value is -1.39. The van der Waals surface area contributed by atoms with Crippen LogP contribution >= 0.6 is 23.2 Å². The molecule has 106 valence electrons. The van der Waals surface area contributed by atoms with Gasteiger partial charge in [0, 0.05) is 12.4 Å². The average Bonchev–Trinajstić information content (AvgIpc) is 2.41. The Kier molecular flexibility index (Phi) is 5.15. The fourth-order valence-corrected chi connectivity index (χ4v) is 2.25. The summed E-state index contributed by atoms with van der Waals surface area (Å²) in [5.41, 5.74) is 1.69. The number of hydrogen-bond acceptors (Lipinski definition) is 2. The van der Waals surface area contributed by atoms with E-state index in [1.165, 1.54) is 12.1 Å². The van der Waals surface area contributed by atoms with Crippen LogP contribution in [0.1, 0.15) is 16.5 Å². The standard InChI is InChI=1S/C14H11Cl2F2NO/c15-12(7-10-5-6-19-8-13(10)16)9-1-3-11(4-2-9)20-14(17)18/h1-6,8,12,14H,7H2. The van der Waals surface area contributed by atoms with Gasteiger partial charge in [-0.05, 0) is 35.7 Å². The summed E-state index contributed by atoms with van der Waals surface area (Å²) < 4.78 is 28.4. The third-order valence-electron chi connectivity index (χ3n) is 2.72. The van der Waals surface area contributed by atoms with Gasteiger partial charge < -0.3 is 4.74 Å². The van der Waals surface area contributed by atoms with E-state index in [4.69, 9.17) is 23.2 Å². The quantitative estimate of drug-likeness (QED) is 0.735. The topological polar surface area (TPSA) is 22.1 Å². The summed E-state index contributed by atoms with van der Waals surface area (Å²) >= 11 is 12.3. The van der Waals surface area contributed by atoms with E-state index < -0.39 is 6.61 Å². The van der Waals surface area contributed by atoms with Crippen LogP contribution in [0.2, 0.25) is 5.02 Å². The van der Waals surface area contributed by atoms with Crippen LogP contribution in [0, 0.1) is 0 Å². The molecule has 0 amide bonds. The molecule has 0 fully saturated rings. The Balaban J connectivity index is 2.06. The van der Waals surface area contributed by atoms with Crippen molar-refractivity contribution in [2.24, 2.45) is 0 Å². The van der Waals surface area contributed by atoms with E-state index in [-0.39, 0.29) is 11.1 Å². The van der Waals surface area contributed by atoms with E-state index in [9.17, 15) is 8.78 Å². The van der Waals surface area contributed by atoms with Crippen molar-refractivity contribution in [1.29, 1.82) is 0 Å². The van der Waals surface area contributed by atoms with Gasteiger partial charge in [0.25, 0.3) is 0 Å². The monoisotopic (exact) mass is 317 g/mol. The predicted molar refractivity (Wildman–Crippen MR) is 74.6 cm³/mol. The first-order chi connectivity index (χ1) is 9.56. The molecule has 0 aliphatic heterocycles. The highest BCUT2D eigenvalue weighted by Gasteiger charge is 2.12. The molecular weight excluding hydrogens is 307 g/mol. The molecule has 6 heteroatoms. The van der Waals surface area contributed by atoms with Gasteiger partial charge in [-0.1, -0.05) is 23.7 Å². The number of benzene rings is 1. The fraction of sp³-hybridized carbons (Fsp3) is 0.214. The van der Waals surface area contributed by atoms with Crippen molar-refractivity contribution in [1.82, 2.24) is 4.98 Å². The molecule has 1 atom stereocenters. The molecule has 1 heterocycles. The molecule has 1 aromatic carbocycles. The maximum atomic E-state index is 12.0. The van der Waals surface area contributed by atoms with Gasteiger partial charge in [-0.25, -0.2) is 0 Å². The SMILES string of the molecule is FC(F)Oc1ccc(C(Cl)Cc2ccncc2Cl)cc1. The molecule has 0 bridgehead atoms. The molecule has 0 aliphatic rings. The van der Waals surface area contributed by atoms with Crippen LogP contribution in [0.3, 0.4) is 0 Å². The molecular formula is C14H11Cl2F2NO. The van der Waals surface area contributed by atoms with Gasteiger partial charge in [-0.2, -0.15) is 8.78 Å². The van der Waals surface area contributed by atoms with Crippen molar-refractivity contribution < 1.29 is 13.5 Å². The van der Waals surface area contributed by atoms with Crippen molar-refractivity contribution in [3.05, 3.63) is 58.9 Å². The lowest BCUT2D eigenvalue weighted by Gasteiger charge is -2.12. The average molecular weight is 318 g/mol. The van der Waals surface area contributed by atoms with Crippen molar-refractivity contribution in [2.45, 2.75) is 18.4 Å². The lowest BCUT2D eigenvalue weighted by Crippen LogP contribution is -2.02. The van der Waals surface area contributed by atoms with Crippen LogP contribution in [0.25, 0.3) is 0 Å². The smallest absolute Gasteiger partial charge is 0.387 e. The first kappa shape index (κ1) is 15.0. The minimum Gasteiger partial charge on any atom is -0.435 e. The predicted octanol–water partition coefficient (Wildman–Crippen LogP) is 4.86. The second kappa shape index (κ2) is 6.86. The van der Waals surface area contributed by atoms with E-state index in [1.807, 2.05) is 0 Å². The summed E-state index contributed by atoms with van der Waals surface area (Å²) in [6.45, 7) is -2.83. The highest BCUT2D eigenvalue weighted by atomic mass is 35.5. The lowest BCUT2D eigenvalue weighted by molar-refractivity contribution is -0.0498. The van der Waals surface area contributed by atoms with Crippen LogP contribution in [0.15, 0.2) is 42.7 Å². The van der Waals surface area contributed by atoms with Gasteiger partial charge in [0.1, 0.15) is 5.75 Å². The highest BCUT2D eigenvalue weighted by Crippen LogP contribution is 2.29. The third kappa shape index (κ3) is 4.05. The summed E-state index contributed by atoms with van der Waals surface area (Å²) in [6.07, 6.45) is 3.72. The zero-order valence-corrected chi connectivity index (χ0v) is 11.8. The molecule has 2 rings (SSSR count). The van der Waals surface area contributed by atoms with Crippen molar-refractivity contribution in [3.63, 3.8) is 0 Å². The Labute approximate surface area is 125 Å². The number of nitrogens with zero attached hydrogens (tertiary/aromatic N) is 1. The number of halogens is 4. The summed E-state index contributed by atoms with van der Waals surface area (Å²) in [6, 6.07) is 8.04. The number of alkyl halides is 3. The molecule has 20 heavy (non-hydrogen) atoms. The van der Waals surface area contributed by atoms with Gasteiger partial charge >= 0.3 is 6.61 Å². The van der Waals surface area contributed by atoms with Gasteiger partial charge in [-0.3, -0.25) is 4.98 Å². The largest absolute Gasteiger partial charge is 0.435 e. The van der Waals surface area contributed by atoms with E-state index in [1.54, 1.807) is 30.6 Å². The van der Waals surface area contributed by atoms with Crippen LogP contribution in [0.5, 0.6) is 5.75 Å². The second-order valence-corrected chi connectivity index (χ2v) is 5.02. The Morgan fingerprint density at radius 2 is 1.85 bits per heavy atom. The van der Waals surface area contributed by atoms with Gasteiger partial charge in [0.2, 0.25) is 0 Å². The molecule has 0 spiro atoms. The molecule has 1 aromatic heterocycles. The van der Waals surface area contributed by atoms with Gasteiger partial charge in [0.05, 0.1) is 10.4 Å². The van der Waals surface area contributed by atoms with E-state index in [0.29, 0.717) is 11.4 Å². The molecule has 2 nitrogen and oxygen atoms in total. The zero-order valence-electron chi connectivity index (χ0n) is 10.3. The van der Waals surface area contributed by atoms with E-state index in [0.717, 1.165) is 11.1 Å². The third-order valence-corrected chi connectivity index (χ3v) is 3.47. The Morgan fingerprint density at radius 1 is 1.15 bits per heavy atom. The molecule has 0 radical (unpaired) electrons. The van der Waals surface area contributed by atoms with Crippen LogP contribution in [-0.4, -0.2) is 11.6 Å². The molecule has 2 aromatic rings. The molecule has 0 N–H and O–H groups in total. The Bertz CT molecular complexity index is 563. The van der Waals surface area contributed by atoms with Gasteiger partial charge in [0.15, 0.2) is 0 Å². The second-order valence-electron chi connectivity index (χ2n) is 4.09. The van der Waals surface area contributed by atoms with Crippen molar-refractivity contribution in [2.75, 3.05) is 0 Å². The Morgan fingerprint density at radius 3 is 2.45 bits per heavy atom. The number of ether oxygens (including phenoxy) is 1. The zero-order chi connectivity index (χ0) is 14.5. The number of rotatable bonds is 5. The number of hydrogen-bond donors (Lipinski definition) is 0. The first-order valence-corrected chi connectivity index (χ1v) is 6.65. The van der Waals surface area contributed by atoms with Crippen molar-refractivity contribution >= 4 is 23.2 Å². The maximum absolute atomic E-state index is 12.0. The molecule has 0 saturated heterocycles. The maximum Gasteiger partial charge on any atom is 0.387 e. The normalized spacial score (nSPS) is 12.4. The van der Waals surface area contributed by atoms with Crippen LogP contribution in [0.4, 0.5) is 8.78 Å². The fourth-order valence-electron chi connectivity index (χ4n) is 1.74. The van der Waals surface area contributed by atoms with Crippen molar-refractivity contribution in [3.8, 4) is 5.75 Å².